The molecule has 0 aromatic heterocycles. The van der Waals surface area contributed by atoms with E-state index in [9.17, 15) is 17.6 Å². The molecule has 1 aliphatic carbocycles. The summed E-state index contributed by atoms with van der Waals surface area (Å²) in [4.78, 5) is 11.4. The van der Waals surface area contributed by atoms with Crippen LogP contribution in [0.3, 0.4) is 0 Å². The van der Waals surface area contributed by atoms with E-state index in [0.29, 0.717) is 12.8 Å². The van der Waals surface area contributed by atoms with Gasteiger partial charge in [-0.1, -0.05) is 0 Å². The molecule has 2 rings (SSSR count). The molecule has 0 aliphatic heterocycles. The number of sulfonamides is 1. The molecular weight excluding hydrogens is 287 g/mol. The van der Waals surface area contributed by atoms with Gasteiger partial charge in [0.05, 0.1) is 4.90 Å². The number of nitrogens with one attached hydrogen (secondary N) is 2. The Morgan fingerprint density at radius 3 is 2.60 bits per heavy atom. The molecule has 3 N–H and O–H groups in total. The van der Waals surface area contributed by atoms with Crippen LogP contribution in [-0.2, 0) is 14.8 Å². The van der Waals surface area contributed by atoms with E-state index in [1.165, 1.54) is 18.5 Å². The Bertz CT molecular complexity index is 628. The summed E-state index contributed by atoms with van der Waals surface area (Å²) in [5.74, 6) is -1.43. The summed E-state index contributed by atoms with van der Waals surface area (Å²) < 4.78 is 39.7. The highest BCUT2D eigenvalue weighted by molar-refractivity contribution is 7.89. The Morgan fingerprint density at radius 2 is 2.10 bits per heavy atom. The highest BCUT2D eigenvalue weighted by Crippen LogP contribution is 2.33. The number of hydrogen-bond donors (Lipinski definition) is 3. The van der Waals surface area contributed by atoms with Crippen LogP contribution in [0.5, 0.6) is 0 Å². The molecule has 0 bridgehead atoms. The topological polar surface area (TPSA) is 95.5 Å². The molecule has 0 heterocycles. The summed E-state index contributed by atoms with van der Waals surface area (Å²) in [6, 6.07) is 2.36. The highest BCUT2D eigenvalue weighted by atomic mass is 32.2. The van der Waals surface area contributed by atoms with E-state index in [1.54, 1.807) is 0 Å². The van der Waals surface area contributed by atoms with Gasteiger partial charge in [0, 0.05) is 0 Å². The van der Waals surface area contributed by atoms with Gasteiger partial charge in [-0.25, -0.2) is 18.3 Å². The van der Waals surface area contributed by atoms with E-state index in [0.717, 1.165) is 12.1 Å². The zero-order valence-corrected chi connectivity index (χ0v) is 11.6. The van der Waals surface area contributed by atoms with Gasteiger partial charge >= 0.3 is 0 Å². The molecule has 1 saturated carbocycles. The summed E-state index contributed by atoms with van der Waals surface area (Å²) in [5, 5.41) is 8.65. The first-order valence-electron chi connectivity index (χ1n) is 6.07. The standard InChI is InChI=1S/C12H15FN2O4S/c1-7-6-9(4-5-10(7)13)20(18,19)15-11(8-2-3-8)12(16)14-17/h4-6,8,11,15,17H,2-3H2,1H3,(H,14,16). The van der Waals surface area contributed by atoms with Gasteiger partial charge in [-0.2, -0.15) is 4.72 Å². The van der Waals surface area contributed by atoms with Gasteiger partial charge in [-0.3, -0.25) is 10.0 Å². The van der Waals surface area contributed by atoms with Crippen molar-refractivity contribution in [3.63, 3.8) is 0 Å². The predicted molar refractivity (Wildman–Crippen MR) is 67.9 cm³/mol. The number of carbonyl (C=O) groups is 1. The van der Waals surface area contributed by atoms with E-state index in [-0.39, 0.29) is 16.4 Å². The van der Waals surface area contributed by atoms with Crippen molar-refractivity contribution in [3.8, 4) is 0 Å². The normalized spacial score (nSPS) is 16.8. The number of benzene rings is 1. The molecular formula is C12H15FN2O4S. The summed E-state index contributed by atoms with van der Waals surface area (Å²) in [7, 11) is -3.95. The van der Waals surface area contributed by atoms with Crippen LogP contribution >= 0.6 is 0 Å². The van der Waals surface area contributed by atoms with Gasteiger partial charge in [0.15, 0.2) is 0 Å². The number of hydroxylamine groups is 1. The minimum atomic E-state index is -3.95. The maximum Gasteiger partial charge on any atom is 0.261 e. The van der Waals surface area contributed by atoms with Crippen molar-refractivity contribution < 1.29 is 22.8 Å². The molecule has 1 amide bonds. The minimum absolute atomic E-state index is 0.118. The number of rotatable bonds is 5. The van der Waals surface area contributed by atoms with Crippen molar-refractivity contribution in [1.82, 2.24) is 10.2 Å². The molecule has 1 aliphatic rings. The maximum atomic E-state index is 13.2. The Kier molecular flexibility index (Phi) is 4.07. The van der Waals surface area contributed by atoms with Crippen molar-refractivity contribution in [2.24, 2.45) is 5.92 Å². The molecule has 1 aromatic carbocycles. The van der Waals surface area contributed by atoms with E-state index >= 15 is 0 Å². The van der Waals surface area contributed by atoms with Crippen molar-refractivity contribution >= 4 is 15.9 Å². The van der Waals surface area contributed by atoms with Crippen molar-refractivity contribution in [1.29, 1.82) is 0 Å². The summed E-state index contributed by atoms with van der Waals surface area (Å²) in [5.41, 5.74) is 1.65. The zero-order chi connectivity index (χ0) is 14.9. The molecule has 0 saturated heterocycles. The molecule has 20 heavy (non-hydrogen) atoms. The van der Waals surface area contributed by atoms with E-state index in [1.807, 2.05) is 0 Å². The quantitative estimate of drug-likeness (QED) is 0.551. The number of amides is 1. The Balaban J connectivity index is 2.25. The molecule has 0 radical (unpaired) electrons. The molecule has 1 aromatic rings. The maximum absolute atomic E-state index is 13.2. The Morgan fingerprint density at radius 1 is 1.45 bits per heavy atom. The third-order valence-electron chi connectivity index (χ3n) is 3.21. The van der Waals surface area contributed by atoms with Crippen LogP contribution in [0.25, 0.3) is 0 Å². The summed E-state index contributed by atoms with van der Waals surface area (Å²) in [6.45, 7) is 1.45. The fourth-order valence-corrected chi connectivity index (χ4v) is 3.23. The minimum Gasteiger partial charge on any atom is -0.289 e. The van der Waals surface area contributed by atoms with E-state index in [2.05, 4.69) is 4.72 Å². The van der Waals surface area contributed by atoms with E-state index < -0.39 is 27.8 Å². The average Bonchev–Trinajstić information content (AvgIpc) is 3.22. The zero-order valence-electron chi connectivity index (χ0n) is 10.8. The Labute approximate surface area is 116 Å². The van der Waals surface area contributed by atoms with Crippen LogP contribution in [0.4, 0.5) is 4.39 Å². The van der Waals surface area contributed by atoms with Gasteiger partial charge in [-0.05, 0) is 49.4 Å². The van der Waals surface area contributed by atoms with E-state index in [4.69, 9.17) is 5.21 Å². The monoisotopic (exact) mass is 302 g/mol. The lowest BCUT2D eigenvalue weighted by atomic mass is 10.2. The first kappa shape index (κ1) is 14.9. The van der Waals surface area contributed by atoms with Crippen molar-refractivity contribution in [3.05, 3.63) is 29.6 Å². The summed E-state index contributed by atoms with van der Waals surface area (Å²) >= 11 is 0. The number of aryl methyl sites for hydroxylation is 1. The van der Waals surface area contributed by atoms with Gasteiger partial charge in [-0.15, -0.1) is 0 Å². The SMILES string of the molecule is Cc1cc(S(=O)(=O)NC(C(=O)NO)C2CC2)ccc1F. The van der Waals surface area contributed by atoms with Gasteiger partial charge in [0.2, 0.25) is 10.0 Å². The second-order valence-electron chi connectivity index (χ2n) is 4.82. The average molecular weight is 302 g/mol. The van der Waals surface area contributed by atoms with Crippen LogP contribution in [0.1, 0.15) is 18.4 Å². The third kappa shape index (κ3) is 3.14. The van der Waals surface area contributed by atoms with Gasteiger partial charge in [0.1, 0.15) is 11.9 Å². The van der Waals surface area contributed by atoms with Crippen molar-refractivity contribution in [2.75, 3.05) is 0 Å². The smallest absolute Gasteiger partial charge is 0.261 e. The molecule has 8 heteroatoms. The first-order valence-corrected chi connectivity index (χ1v) is 7.56. The predicted octanol–water partition coefficient (Wildman–Crippen LogP) is 0.696. The third-order valence-corrected chi connectivity index (χ3v) is 4.65. The second kappa shape index (κ2) is 5.47. The highest BCUT2D eigenvalue weighted by Gasteiger charge is 2.39. The van der Waals surface area contributed by atoms with Crippen LogP contribution < -0.4 is 10.2 Å². The number of hydrogen-bond acceptors (Lipinski definition) is 4. The Hall–Kier alpha value is -1.51. The molecule has 6 nitrogen and oxygen atoms in total. The molecule has 0 spiro atoms. The van der Waals surface area contributed by atoms with Crippen LogP contribution in [0.2, 0.25) is 0 Å². The lowest BCUT2D eigenvalue weighted by Gasteiger charge is -2.16. The lowest BCUT2D eigenvalue weighted by molar-refractivity contribution is -0.131. The van der Waals surface area contributed by atoms with Gasteiger partial charge < -0.3 is 0 Å². The van der Waals surface area contributed by atoms with Crippen LogP contribution in [0, 0.1) is 18.7 Å². The lowest BCUT2D eigenvalue weighted by Crippen LogP contribution is -2.47. The van der Waals surface area contributed by atoms with Crippen LogP contribution in [0.15, 0.2) is 23.1 Å². The largest absolute Gasteiger partial charge is 0.289 e. The van der Waals surface area contributed by atoms with Gasteiger partial charge in [0.25, 0.3) is 5.91 Å². The molecule has 1 unspecified atom stereocenters. The molecule has 1 fully saturated rings. The summed E-state index contributed by atoms with van der Waals surface area (Å²) in [6.07, 6.45) is 1.42. The molecule has 1 atom stereocenters. The van der Waals surface area contributed by atoms with Crippen molar-refractivity contribution in [2.45, 2.75) is 30.7 Å². The molecule has 110 valence electrons. The van der Waals surface area contributed by atoms with Crippen LogP contribution in [-0.4, -0.2) is 25.6 Å². The fourth-order valence-electron chi connectivity index (χ4n) is 1.88. The first-order chi connectivity index (χ1) is 9.35. The number of halogens is 1. The second-order valence-corrected chi connectivity index (χ2v) is 6.54. The number of carbonyl (C=O) groups excluding carboxylic acids is 1. The fraction of sp³-hybridized carbons (Fsp3) is 0.417.